The molecule has 0 aliphatic carbocycles. The van der Waals surface area contributed by atoms with E-state index in [9.17, 15) is 0 Å². The van der Waals surface area contributed by atoms with Crippen molar-refractivity contribution in [2.45, 2.75) is 44.1 Å². The molecule has 0 bridgehead atoms. The number of benzene rings is 1. The van der Waals surface area contributed by atoms with E-state index in [1.165, 1.54) is 0 Å². The Balaban J connectivity index is 2.03. The first-order valence-corrected chi connectivity index (χ1v) is 7.99. The van der Waals surface area contributed by atoms with Gasteiger partial charge in [-0.2, -0.15) is 0 Å². The molecule has 1 aromatic heterocycles. The maximum absolute atomic E-state index is 5.50. The highest BCUT2D eigenvalue weighted by Gasteiger charge is 2.09. The lowest BCUT2D eigenvalue weighted by Crippen LogP contribution is -2.29. The van der Waals surface area contributed by atoms with Gasteiger partial charge in [-0.1, -0.05) is 32.5 Å². The lowest BCUT2D eigenvalue weighted by Gasteiger charge is -2.12. The molecule has 0 amide bonds. The predicted octanol–water partition coefficient (Wildman–Crippen LogP) is 3.44. The molecule has 1 atom stereocenters. The van der Waals surface area contributed by atoms with Crippen LogP contribution in [0.3, 0.4) is 0 Å². The summed E-state index contributed by atoms with van der Waals surface area (Å²) in [4.78, 5) is 7.96. The Morgan fingerprint density at radius 1 is 1.35 bits per heavy atom. The van der Waals surface area contributed by atoms with Crippen LogP contribution in [0.5, 0.6) is 5.75 Å². The molecule has 0 spiro atoms. The quantitative estimate of drug-likeness (QED) is 0.768. The van der Waals surface area contributed by atoms with Gasteiger partial charge in [0.05, 0.1) is 17.6 Å². The minimum absolute atomic E-state index is 0.476. The SMILES string of the molecule is CCOc1ccc2nc(SC(C)CNC(C)C)[nH]c2c1. The van der Waals surface area contributed by atoms with E-state index in [2.05, 4.69) is 36.1 Å². The van der Waals surface area contributed by atoms with Crippen molar-refractivity contribution in [3.63, 3.8) is 0 Å². The van der Waals surface area contributed by atoms with Crippen LogP contribution in [0.15, 0.2) is 23.4 Å². The van der Waals surface area contributed by atoms with Gasteiger partial charge >= 0.3 is 0 Å². The van der Waals surface area contributed by atoms with Gasteiger partial charge in [0.1, 0.15) is 5.75 Å². The highest BCUT2D eigenvalue weighted by molar-refractivity contribution is 7.99. The van der Waals surface area contributed by atoms with Gasteiger partial charge in [-0.25, -0.2) is 4.98 Å². The molecule has 0 saturated carbocycles. The number of H-pyrrole nitrogens is 1. The summed E-state index contributed by atoms with van der Waals surface area (Å²) in [5.41, 5.74) is 2.02. The second kappa shape index (κ2) is 6.99. The fourth-order valence-electron chi connectivity index (χ4n) is 1.91. The molecular weight excluding hydrogens is 270 g/mol. The van der Waals surface area contributed by atoms with Crippen LogP contribution in [0.25, 0.3) is 11.0 Å². The van der Waals surface area contributed by atoms with E-state index < -0.39 is 0 Å². The Morgan fingerprint density at radius 3 is 2.85 bits per heavy atom. The molecular formula is C15H23N3OS. The van der Waals surface area contributed by atoms with E-state index in [0.717, 1.165) is 28.5 Å². The third-order valence-electron chi connectivity index (χ3n) is 2.87. The first-order valence-electron chi connectivity index (χ1n) is 7.11. The van der Waals surface area contributed by atoms with Gasteiger partial charge in [0, 0.05) is 23.9 Å². The van der Waals surface area contributed by atoms with Gasteiger partial charge in [0.15, 0.2) is 5.16 Å². The number of nitrogens with zero attached hydrogens (tertiary/aromatic N) is 1. The lowest BCUT2D eigenvalue weighted by molar-refractivity contribution is 0.340. The molecule has 0 radical (unpaired) electrons. The maximum Gasteiger partial charge on any atom is 0.166 e. The second-order valence-corrected chi connectivity index (χ2v) is 6.57. The number of ether oxygens (including phenoxy) is 1. The van der Waals surface area contributed by atoms with Crippen LogP contribution < -0.4 is 10.1 Å². The Kier molecular flexibility index (Phi) is 5.31. The summed E-state index contributed by atoms with van der Waals surface area (Å²) in [7, 11) is 0. The smallest absolute Gasteiger partial charge is 0.166 e. The number of rotatable bonds is 7. The number of imidazole rings is 1. The van der Waals surface area contributed by atoms with Gasteiger partial charge < -0.3 is 15.0 Å². The normalized spacial score (nSPS) is 13.1. The molecule has 20 heavy (non-hydrogen) atoms. The largest absolute Gasteiger partial charge is 0.494 e. The molecule has 1 heterocycles. The molecule has 0 saturated heterocycles. The topological polar surface area (TPSA) is 49.9 Å². The third-order valence-corrected chi connectivity index (χ3v) is 3.85. The molecule has 1 unspecified atom stereocenters. The van der Waals surface area contributed by atoms with Crippen LogP contribution in [0, 0.1) is 0 Å². The Hall–Kier alpha value is -1.20. The molecule has 5 heteroatoms. The minimum Gasteiger partial charge on any atom is -0.494 e. The highest BCUT2D eigenvalue weighted by atomic mass is 32.2. The average Bonchev–Trinajstić information content (AvgIpc) is 2.78. The summed E-state index contributed by atoms with van der Waals surface area (Å²) in [6.07, 6.45) is 0. The van der Waals surface area contributed by atoms with Crippen LogP contribution in [-0.4, -0.2) is 34.4 Å². The zero-order chi connectivity index (χ0) is 14.5. The average molecular weight is 293 g/mol. The summed E-state index contributed by atoms with van der Waals surface area (Å²) in [6.45, 7) is 10.2. The fraction of sp³-hybridized carbons (Fsp3) is 0.533. The van der Waals surface area contributed by atoms with Crippen molar-refractivity contribution in [1.29, 1.82) is 0 Å². The van der Waals surface area contributed by atoms with Crippen molar-refractivity contribution in [2.75, 3.05) is 13.2 Å². The number of aromatic amines is 1. The number of aromatic nitrogens is 2. The monoisotopic (exact) mass is 293 g/mol. The maximum atomic E-state index is 5.50. The van der Waals surface area contributed by atoms with E-state index in [4.69, 9.17) is 4.74 Å². The van der Waals surface area contributed by atoms with Crippen LogP contribution in [0.1, 0.15) is 27.7 Å². The Bertz CT molecular complexity index is 553. The Morgan fingerprint density at radius 2 is 2.15 bits per heavy atom. The van der Waals surface area contributed by atoms with Gasteiger partial charge in [-0.05, 0) is 19.1 Å². The summed E-state index contributed by atoms with van der Waals surface area (Å²) in [5, 5.41) is 4.88. The number of nitrogens with one attached hydrogen (secondary N) is 2. The summed E-state index contributed by atoms with van der Waals surface area (Å²) in [5.74, 6) is 0.884. The van der Waals surface area contributed by atoms with Crippen LogP contribution in [0.4, 0.5) is 0 Å². The molecule has 0 aliphatic heterocycles. The highest BCUT2D eigenvalue weighted by Crippen LogP contribution is 2.25. The summed E-state index contributed by atoms with van der Waals surface area (Å²) < 4.78 is 5.50. The van der Waals surface area contributed by atoms with Crippen molar-refractivity contribution < 1.29 is 4.74 Å². The molecule has 110 valence electrons. The van der Waals surface area contributed by atoms with Crippen LogP contribution in [-0.2, 0) is 0 Å². The molecule has 2 rings (SSSR count). The zero-order valence-electron chi connectivity index (χ0n) is 12.6. The van der Waals surface area contributed by atoms with Gasteiger partial charge in [-0.15, -0.1) is 0 Å². The third kappa shape index (κ3) is 4.15. The van der Waals surface area contributed by atoms with Crippen molar-refractivity contribution in [2.24, 2.45) is 0 Å². The summed E-state index contributed by atoms with van der Waals surface area (Å²) >= 11 is 1.76. The van der Waals surface area contributed by atoms with E-state index in [-0.39, 0.29) is 0 Å². The zero-order valence-corrected chi connectivity index (χ0v) is 13.4. The first kappa shape index (κ1) is 15.2. The fourth-order valence-corrected chi connectivity index (χ4v) is 2.79. The van der Waals surface area contributed by atoms with E-state index in [0.29, 0.717) is 17.9 Å². The van der Waals surface area contributed by atoms with Crippen molar-refractivity contribution in [3.8, 4) is 5.75 Å². The second-order valence-electron chi connectivity index (χ2n) is 5.15. The van der Waals surface area contributed by atoms with Crippen molar-refractivity contribution in [3.05, 3.63) is 18.2 Å². The molecule has 1 aromatic carbocycles. The molecule has 4 nitrogen and oxygen atoms in total. The number of thioether (sulfide) groups is 1. The van der Waals surface area contributed by atoms with Gasteiger partial charge in [0.2, 0.25) is 0 Å². The van der Waals surface area contributed by atoms with E-state index >= 15 is 0 Å². The van der Waals surface area contributed by atoms with Crippen molar-refractivity contribution in [1.82, 2.24) is 15.3 Å². The van der Waals surface area contributed by atoms with Gasteiger partial charge in [-0.3, -0.25) is 0 Å². The van der Waals surface area contributed by atoms with E-state index in [1.54, 1.807) is 11.8 Å². The predicted molar refractivity (Wildman–Crippen MR) is 85.7 cm³/mol. The van der Waals surface area contributed by atoms with Crippen molar-refractivity contribution >= 4 is 22.8 Å². The molecule has 0 fully saturated rings. The number of hydrogen-bond donors (Lipinski definition) is 2. The van der Waals surface area contributed by atoms with Gasteiger partial charge in [0.25, 0.3) is 0 Å². The first-order chi connectivity index (χ1) is 9.58. The Labute approximate surface area is 124 Å². The number of hydrogen-bond acceptors (Lipinski definition) is 4. The van der Waals surface area contributed by atoms with E-state index in [1.807, 2.05) is 25.1 Å². The number of fused-ring (bicyclic) bond motifs is 1. The van der Waals surface area contributed by atoms with Crippen LogP contribution >= 0.6 is 11.8 Å². The summed E-state index contributed by atoms with van der Waals surface area (Å²) in [6, 6.07) is 6.48. The van der Waals surface area contributed by atoms with Crippen LogP contribution in [0.2, 0.25) is 0 Å². The minimum atomic E-state index is 0.476. The molecule has 2 aromatic rings. The lowest BCUT2D eigenvalue weighted by atomic mass is 10.3. The molecule has 2 N–H and O–H groups in total. The standard InChI is InChI=1S/C15H23N3OS/c1-5-19-12-6-7-13-14(8-12)18-15(17-13)20-11(4)9-16-10(2)3/h6-8,10-11,16H,5,9H2,1-4H3,(H,17,18). The molecule has 0 aliphatic rings.